The molecule has 26 heavy (non-hydrogen) atoms. The first-order valence-electron chi connectivity index (χ1n) is 8.26. The van der Waals surface area contributed by atoms with Gasteiger partial charge in [0.1, 0.15) is 5.69 Å². The van der Waals surface area contributed by atoms with Gasteiger partial charge in [-0.05, 0) is 30.2 Å². The van der Waals surface area contributed by atoms with E-state index < -0.39 is 0 Å². The Morgan fingerprint density at radius 2 is 2.00 bits per heavy atom. The number of halogens is 1. The molecule has 0 radical (unpaired) electrons. The molecule has 2 aromatic carbocycles. The highest BCUT2D eigenvalue weighted by molar-refractivity contribution is 6.31. The predicted octanol–water partition coefficient (Wildman–Crippen LogP) is 4.45. The topological polar surface area (TPSA) is 70.9 Å². The molecule has 0 unspecified atom stereocenters. The Bertz CT molecular complexity index is 1050. The maximum atomic E-state index is 12.3. The van der Waals surface area contributed by atoms with Crippen molar-refractivity contribution >= 4 is 28.4 Å². The molecule has 0 fully saturated rings. The normalized spacial score (nSPS) is 11.0. The molecular weight excluding hydrogens is 350 g/mol. The molecule has 2 aromatic heterocycles. The van der Waals surface area contributed by atoms with E-state index in [4.69, 9.17) is 16.1 Å². The zero-order valence-corrected chi connectivity index (χ0v) is 14.6. The maximum absolute atomic E-state index is 12.3. The second kappa shape index (κ2) is 7.06. The van der Waals surface area contributed by atoms with Gasteiger partial charge in [0.15, 0.2) is 0 Å². The molecule has 2 heterocycles. The van der Waals surface area contributed by atoms with E-state index >= 15 is 0 Å². The fourth-order valence-electron chi connectivity index (χ4n) is 2.88. The highest BCUT2D eigenvalue weighted by Crippen LogP contribution is 2.22. The molecule has 4 aromatic rings. The van der Waals surface area contributed by atoms with Crippen LogP contribution >= 0.6 is 11.6 Å². The number of rotatable bonds is 5. The van der Waals surface area contributed by atoms with E-state index in [0.717, 1.165) is 22.0 Å². The molecular formula is C20H16ClN3O2. The Morgan fingerprint density at radius 1 is 1.15 bits per heavy atom. The van der Waals surface area contributed by atoms with E-state index in [1.54, 1.807) is 6.07 Å². The molecule has 0 spiro atoms. The van der Waals surface area contributed by atoms with Crippen molar-refractivity contribution < 1.29 is 9.32 Å². The van der Waals surface area contributed by atoms with Gasteiger partial charge in [-0.2, -0.15) is 0 Å². The molecule has 1 amide bonds. The Hall–Kier alpha value is -3.05. The molecule has 0 saturated heterocycles. The Kier molecular flexibility index (Phi) is 4.46. The van der Waals surface area contributed by atoms with Crippen LogP contribution in [-0.2, 0) is 6.42 Å². The standard InChI is InChI=1S/C20H16ClN3O2/c21-15-6-7-17-16(10-15)14(12-23-17)8-9-22-20(25)19-11-18(24-26-19)13-4-2-1-3-5-13/h1-7,10-12,23H,8-9H2,(H,22,25). The van der Waals surface area contributed by atoms with E-state index in [1.807, 2.05) is 54.7 Å². The van der Waals surface area contributed by atoms with Gasteiger partial charge in [0.05, 0.1) is 0 Å². The Morgan fingerprint density at radius 3 is 2.85 bits per heavy atom. The number of fused-ring (bicyclic) bond motifs is 1. The van der Waals surface area contributed by atoms with Gasteiger partial charge in [-0.25, -0.2) is 0 Å². The van der Waals surface area contributed by atoms with Gasteiger partial charge in [0.25, 0.3) is 5.91 Å². The van der Waals surface area contributed by atoms with Crippen molar-refractivity contribution in [2.45, 2.75) is 6.42 Å². The van der Waals surface area contributed by atoms with E-state index in [2.05, 4.69) is 15.5 Å². The highest BCUT2D eigenvalue weighted by Gasteiger charge is 2.14. The van der Waals surface area contributed by atoms with Crippen molar-refractivity contribution in [1.82, 2.24) is 15.5 Å². The fraction of sp³-hybridized carbons (Fsp3) is 0.100. The van der Waals surface area contributed by atoms with Crippen LogP contribution in [-0.4, -0.2) is 22.6 Å². The summed E-state index contributed by atoms with van der Waals surface area (Å²) >= 11 is 6.06. The van der Waals surface area contributed by atoms with Crippen LogP contribution in [0.25, 0.3) is 22.2 Å². The minimum atomic E-state index is -0.280. The summed E-state index contributed by atoms with van der Waals surface area (Å²) in [6.45, 7) is 0.486. The molecule has 130 valence electrons. The lowest BCUT2D eigenvalue weighted by atomic mass is 10.1. The minimum Gasteiger partial charge on any atom is -0.361 e. The largest absolute Gasteiger partial charge is 0.361 e. The van der Waals surface area contributed by atoms with Crippen LogP contribution < -0.4 is 5.32 Å². The molecule has 5 nitrogen and oxygen atoms in total. The highest BCUT2D eigenvalue weighted by atomic mass is 35.5. The monoisotopic (exact) mass is 365 g/mol. The zero-order chi connectivity index (χ0) is 17.9. The van der Waals surface area contributed by atoms with Crippen LogP contribution in [0.5, 0.6) is 0 Å². The maximum Gasteiger partial charge on any atom is 0.289 e. The number of hydrogen-bond donors (Lipinski definition) is 2. The smallest absolute Gasteiger partial charge is 0.289 e. The van der Waals surface area contributed by atoms with E-state index in [1.165, 1.54) is 0 Å². The van der Waals surface area contributed by atoms with Crippen LogP contribution in [0.15, 0.2) is 65.3 Å². The summed E-state index contributed by atoms with van der Waals surface area (Å²) in [5.74, 6) is -0.0802. The van der Waals surface area contributed by atoms with Crippen LogP contribution in [0, 0.1) is 0 Å². The minimum absolute atomic E-state index is 0.200. The lowest BCUT2D eigenvalue weighted by Crippen LogP contribution is -2.25. The Balaban J connectivity index is 1.40. The number of aromatic amines is 1. The summed E-state index contributed by atoms with van der Waals surface area (Å²) in [7, 11) is 0. The number of aromatic nitrogens is 2. The van der Waals surface area contributed by atoms with Gasteiger partial charge in [-0.15, -0.1) is 0 Å². The first-order chi connectivity index (χ1) is 12.7. The van der Waals surface area contributed by atoms with Crippen molar-refractivity contribution in [2.24, 2.45) is 0 Å². The van der Waals surface area contributed by atoms with E-state index in [0.29, 0.717) is 23.7 Å². The van der Waals surface area contributed by atoms with Gasteiger partial charge in [0.2, 0.25) is 5.76 Å². The predicted molar refractivity (Wildman–Crippen MR) is 101 cm³/mol. The molecule has 0 aliphatic heterocycles. The van der Waals surface area contributed by atoms with Crippen molar-refractivity contribution in [3.05, 3.63) is 77.1 Å². The Labute approximate surface area is 155 Å². The summed E-state index contributed by atoms with van der Waals surface area (Å²) in [6, 6.07) is 17.0. The lowest BCUT2D eigenvalue weighted by molar-refractivity contribution is 0.0917. The number of benzene rings is 2. The number of nitrogens with one attached hydrogen (secondary N) is 2. The van der Waals surface area contributed by atoms with Crippen LogP contribution in [0.2, 0.25) is 5.02 Å². The molecule has 4 rings (SSSR count). The van der Waals surface area contributed by atoms with Gasteiger partial charge in [0, 0.05) is 40.3 Å². The van der Waals surface area contributed by atoms with Crippen molar-refractivity contribution in [3.63, 3.8) is 0 Å². The number of amides is 1. The van der Waals surface area contributed by atoms with Gasteiger partial charge >= 0.3 is 0 Å². The first-order valence-corrected chi connectivity index (χ1v) is 8.64. The summed E-state index contributed by atoms with van der Waals surface area (Å²) in [5, 5.41) is 8.58. The molecule has 0 aliphatic rings. The van der Waals surface area contributed by atoms with Gasteiger partial charge < -0.3 is 14.8 Å². The van der Waals surface area contributed by atoms with Crippen molar-refractivity contribution in [3.8, 4) is 11.3 Å². The number of nitrogens with zero attached hydrogens (tertiary/aromatic N) is 1. The molecule has 0 saturated carbocycles. The average Bonchev–Trinajstić information content (AvgIpc) is 3.30. The second-order valence-electron chi connectivity index (χ2n) is 5.95. The van der Waals surface area contributed by atoms with E-state index in [9.17, 15) is 4.79 Å². The van der Waals surface area contributed by atoms with Gasteiger partial charge in [-0.1, -0.05) is 47.1 Å². The van der Waals surface area contributed by atoms with E-state index in [-0.39, 0.29) is 11.7 Å². The van der Waals surface area contributed by atoms with Crippen LogP contribution in [0.1, 0.15) is 16.1 Å². The second-order valence-corrected chi connectivity index (χ2v) is 6.39. The van der Waals surface area contributed by atoms with Crippen LogP contribution in [0.4, 0.5) is 0 Å². The third-order valence-electron chi connectivity index (χ3n) is 4.21. The molecule has 0 bridgehead atoms. The number of carbonyl (C=O) groups excluding carboxylic acids is 1. The first kappa shape index (κ1) is 16.4. The zero-order valence-electron chi connectivity index (χ0n) is 13.8. The summed E-state index contributed by atoms with van der Waals surface area (Å²) in [6.07, 6.45) is 2.63. The summed E-state index contributed by atoms with van der Waals surface area (Å²) in [5.41, 5.74) is 3.68. The number of hydrogen-bond acceptors (Lipinski definition) is 3. The quantitative estimate of drug-likeness (QED) is 0.549. The number of carbonyl (C=O) groups is 1. The summed E-state index contributed by atoms with van der Waals surface area (Å²) < 4.78 is 5.17. The molecule has 0 atom stereocenters. The SMILES string of the molecule is O=C(NCCc1c[nH]c2ccc(Cl)cc12)c1cc(-c2ccccc2)no1. The molecule has 2 N–H and O–H groups in total. The third kappa shape index (κ3) is 3.34. The van der Waals surface area contributed by atoms with Crippen LogP contribution in [0.3, 0.4) is 0 Å². The fourth-order valence-corrected chi connectivity index (χ4v) is 3.05. The average molecular weight is 366 g/mol. The lowest BCUT2D eigenvalue weighted by Gasteiger charge is -2.02. The summed E-state index contributed by atoms with van der Waals surface area (Å²) in [4.78, 5) is 15.5. The number of H-pyrrole nitrogens is 1. The van der Waals surface area contributed by atoms with Crippen molar-refractivity contribution in [2.75, 3.05) is 6.54 Å². The third-order valence-corrected chi connectivity index (χ3v) is 4.45. The van der Waals surface area contributed by atoms with Crippen molar-refractivity contribution in [1.29, 1.82) is 0 Å². The van der Waals surface area contributed by atoms with Gasteiger partial charge in [-0.3, -0.25) is 4.79 Å². The molecule has 6 heteroatoms. The molecule has 0 aliphatic carbocycles.